The highest BCUT2D eigenvalue weighted by molar-refractivity contribution is 4.91. The highest BCUT2D eigenvalue weighted by Gasteiger charge is 2.37. The molecule has 0 aromatic rings. The summed E-state index contributed by atoms with van der Waals surface area (Å²) in [6, 6.07) is 0.911. The standard InChI is InChI=1S/C13H24N2O2/c14-11(10-4-6-16-9-10)8-15-5-7-17-13-3-1-2-12(13)15/h10-13H,1-9,14H2. The third-order valence-corrected chi connectivity index (χ3v) is 4.61. The maximum absolute atomic E-state index is 6.33. The molecule has 0 amide bonds. The van der Waals surface area contributed by atoms with Crippen LogP contribution in [0, 0.1) is 5.92 Å². The van der Waals surface area contributed by atoms with Crippen molar-refractivity contribution >= 4 is 0 Å². The predicted octanol–water partition coefficient (Wildman–Crippen LogP) is 0.603. The number of fused-ring (bicyclic) bond motifs is 1. The van der Waals surface area contributed by atoms with Gasteiger partial charge in [0.1, 0.15) is 0 Å². The van der Waals surface area contributed by atoms with Gasteiger partial charge in [-0.2, -0.15) is 0 Å². The van der Waals surface area contributed by atoms with E-state index >= 15 is 0 Å². The van der Waals surface area contributed by atoms with Crippen LogP contribution in [0.3, 0.4) is 0 Å². The van der Waals surface area contributed by atoms with E-state index in [0.29, 0.717) is 18.1 Å². The van der Waals surface area contributed by atoms with Gasteiger partial charge in [0.2, 0.25) is 0 Å². The van der Waals surface area contributed by atoms with E-state index in [1.54, 1.807) is 0 Å². The summed E-state index contributed by atoms with van der Waals surface area (Å²) in [5.41, 5.74) is 6.33. The van der Waals surface area contributed by atoms with Crippen molar-refractivity contribution in [3.05, 3.63) is 0 Å². The van der Waals surface area contributed by atoms with Gasteiger partial charge in [0.25, 0.3) is 0 Å². The van der Waals surface area contributed by atoms with Crippen LogP contribution < -0.4 is 5.73 Å². The maximum Gasteiger partial charge on any atom is 0.0730 e. The molecule has 4 atom stereocenters. The van der Waals surface area contributed by atoms with Crippen molar-refractivity contribution in [3.63, 3.8) is 0 Å². The van der Waals surface area contributed by atoms with Crippen molar-refractivity contribution < 1.29 is 9.47 Å². The van der Waals surface area contributed by atoms with Crippen LogP contribution in [-0.4, -0.2) is 56.0 Å². The van der Waals surface area contributed by atoms with Crippen molar-refractivity contribution in [3.8, 4) is 0 Å². The summed E-state index contributed by atoms with van der Waals surface area (Å²) in [6.45, 7) is 4.73. The Labute approximate surface area is 103 Å². The van der Waals surface area contributed by atoms with Crippen LogP contribution in [0.25, 0.3) is 0 Å². The fourth-order valence-corrected chi connectivity index (χ4v) is 3.54. The fourth-order valence-electron chi connectivity index (χ4n) is 3.54. The van der Waals surface area contributed by atoms with Crippen LogP contribution in [0.1, 0.15) is 25.7 Å². The van der Waals surface area contributed by atoms with E-state index in [0.717, 1.165) is 39.3 Å². The number of hydrogen-bond donors (Lipinski definition) is 1. The van der Waals surface area contributed by atoms with Gasteiger partial charge in [0.15, 0.2) is 0 Å². The highest BCUT2D eigenvalue weighted by atomic mass is 16.5. The highest BCUT2D eigenvalue weighted by Crippen LogP contribution is 2.30. The third kappa shape index (κ3) is 2.50. The second-order valence-corrected chi connectivity index (χ2v) is 5.69. The first-order valence-corrected chi connectivity index (χ1v) is 7.03. The Morgan fingerprint density at radius 3 is 3.00 bits per heavy atom. The molecular formula is C13H24N2O2. The number of ether oxygens (including phenoxy) is 2. The quantitative estimate of drug-likeness (QED) is 0.785. The Hall–Kier alpha value is -0.160. The lowest BCUT2D eigenvalue weighted by Crippen LogP contribution is -2.53. The molecule has 1 aliphatic carbocycles. The second kappa shape index (κ2) is 5.22. The van der Waals surface area contributed by atoms with Crippen LogP contribution >= 0.6 is 0 Å². The molecule has 4 unspecified atom stereocenters. The molecule has 2 heterocycles. The van der Waals surface area contributed by atoms with Crippen molar-refractivity contribution in [2.75, 3.05) is 32.9 Å². The number of morpholine rings is 1. The molecule has 0 bridgehead atoms. The van der Waals surface area contributed by atoms with Crippen molar-refractivity contribution in [1.29, 1.82) is 0 Å². The molecule has 3 rings (SSSR count). The van der Waals surface area contributed by atoms with E-state index < -0.39 is 0 Å². The smallest absolute Gasteiger partial charge is 0.0730 e. The zero-order valence-electron chi connectivity index (χ0n) is 10.5. The summed E-state index contributed by atoms with van der Waals surface area (Å²) in [5, 5.41) is 0. The summed E-state index contributed by atoms with van der Waals surface area (Å²) in [7, 11) is 0. The van der Waals surface area contributed by atoms with Crippen LogP contribution in [-0.2, 0) is 9.47 Å². The first kappa shape index (κ1) is 11.9. The molecule has 2 aliphatic heterocycles. The molecule has 17 heavy (non-hydrogen) atoms. The molecule has 3 aliphatic rings. The summed E-state index contributed by atoms with van der Waals surface area (Å²) in [6.07, 6.45) is 5.46. The number of nitrogens with zero attached hydrogens (tertiary/aromatic N) is 1. The Morgan fingerprint density at radius 2 is 2.18 bits per heavy atom. The van der Waals surface area contributed by atoms with E-state index in [4.69, 9.17) is 15.2 Å². The van der Waals surface area contributed by atoms with Gasteiger partial charge in [-0.25, -0.2) is 0 Å². The lowest BCUT2D eigenvalue weighted by Gasteiger charge is -2.39. The van der Waals surface area contributed by atoms with Crippen molar-refractivity contribution in [2.45, 2.75) is 43.9 Å². The normalized spacial score (nSPS) is 40.4. The molecule has 4 heteroatoms. The minimum atomic E-state index is 0.275. The van der Waals surface area contributed by atoms with E-state index in [1.165, 1.54) is 19.3 Å². The average Bonchev–Trinajstić information content (AvgIpc) is 3.00. The molecular weight excluding hydrogens is 216 g/mol. The summed E-state index contributed by atoms with van der Waals surface area (Å²) < 4.78 is 11.3. The second-order valence-electron chi connectivity index (χ2n) is 5.69. The van der Waals surface area contributed by atoms with Gasteiger partial charge < -0.3 is 15.2 Å². The van der Waals surface area contributed by atoms with Gasteiger partial charge in [-0.05, 0) is 25.7 Å². The molecule has 2 saturated heterocycles. The zero-order chi connectivity index (χ0) is 11.7. The van der Waals surface area contributed by atoms with Gasteiger partial charge in [-0.3, -0.25) is 4.90 Å². The topological polar surface area (TPSA) is 47.7 Å². The molecule has 0 aromatic carbocycles. The van der Waals surface area contributed by atoms with Crippen LogP contribution in [0.5, 0.6) is 0 Å². The molecule has 0 aromatic heterocycles. The average molecular weight is 240 g/mol. The van der Waals surface area contributed by atoms with E-state index in [1.807, 2.05) is 0 Å². The Balaban J connectivity index is 1.56. The van der Waals surface area contributed by atoms with Crippen molar-refractivity contribution in [2.24, 2.45) is 11.7 Å². The van der Waals surface area contributed by atoms with E-state index in [-0.39, 0.29) is 6.04 Å². The first-order chi connectivity index (χ1) is 8.34. The lowest BCUT2D eigenvalue weighted by atomic mass is 9.98. The fraction of sp³-hybridized carbons (Fsp3) is 1.00. The molecule has 2 N–H and O–H groups in total. The van der Waals surface area contributed by atoms with E-state index in [2.05, 4.69) is 4.90 Å². The summed E-state index contributed by atoms with van der Waals surface area (Å²) in [4.78, 5) is 2.57. The predicted molar refractivity (Wildman–Crippen MR) is 65.9 cm³/mol. The van der Waals surface area contributed by atoms with Gasteiger partial charge in [-0.15, -0.1) is 0 Å². The number of nitrogens with two attached hydrogens (primary N) is 1. The Bertz CT molecular complexity index is 256. The molecule has 0 radical (unpaired) electrons. The summed E-state index contributed by atoms with van der Waals surface area (Å²) >= 11 is 0. The molecule has 98 valence electrons. The minimum absolute atomic E-state index is 0.275. The lowest BCUT2D eigenvalue weighted by molar-refractivity contribution is -0.0586. The molecule has 1 saturated carbocycles. The van der Waals surface area contributed by atoms with Crippen LogP contribution in [0.15, 0.2) is 0 Å². The zero-order valence-corrected chi connectivity index (χ0v) is 10.5. The molecule has 3 fully saturated rings. The van der Waals surface area contributed by atoms with E-state index in [9.17, 15) is 0 Å². The van der Waals surface area contributed by atoms with Gasteiger partial charge >= 0.3 is 0 Å². The third-order valence-electron chi connectivity index (χ3n) is 4.61. The maximum atomic E-state index is 6.33. The van der Waals surface area contributed by atoms with Gasteiger partial charge in [0, 0.05) is 37.7 Å². The Morgan fingerprint density at radius 1 is 1.24 bits per heavy atom. The first-order valence-electron chi connectivity index (χ1n) is 7.03. The molecule has 4 nitrogen and oxygen atoms in total. The van der Waals surface area contributed by atoms with Crippen LogP contribution in [0.4, 0.5) is 0 Å². The van der Waals surface area contributed by atoms with Crippen LogP contribution in [0.2, 0.25) is 0 Å². The van der Waals surface area contributed by atoms with Gasteiger partial charge in [-0.1, -0.05) is 0 Å². The summed E-state index contributed by atoms with van der Waals surface area (Å²) in [5.74, 6) is 0.567. The Kier molecular flexibility index (Phi) is 3.66. The minimum Gasteiger partial charge on any atom is -0.381 e. The monoisotopic (exact) mass is 240 g/mol. The van der Waals surface area contributed by atoms with Crippen molar-refractivity contribution in [1.82, 2.24) is 4.90 Å². The SMILES string of the molecule is NC(CN1CCOC2CCCC21)C1CCOC1. The number of rotatable bonds is 3. The largest absolute Gasteiger partial charge is 0.381 e. The van der Waals surface area contributed by atoms with Gasteiger partial charge in [0.05, 0.1) is 19.3 Å². The molecule has 0 spiro atoms. The number of hydrogen-bond acceptors (Lipinski definition) is 4.